The van der Waals surface area contributed by atoms with Gasteiger partial charge in [0.05, 0.1) is 7.11 Å². The molecule has 0 saturated heterocycles. The summed E-state index contributed by atoms with van der Waals surface area (Å²) in [5, 5.41) is 0. The zero-order valence-corrected chi connectivity index (χ0v) is 11.9. The van der Waals surface area contributed by atoms with Gasteiger partial charge in [0.25, 0.3) is 0 Å². The Hall–Kier alpha value is -2.00. The van der Waals surface area contributed by atoms with Crippen LogP contribution in [0.15, 0.2) is 48.5 Å². The van der Waals surface area contributed by atoms with Crippen LogP contribution < -0.4 is 9.47 Å². The van der Waals surface area contributed by atoms with Crippen LogP contribution in [-0.2, 0) is 6.54 Å². The fraction of sp³-hybridized carbons (Fsp3) is 0.294. The van der Waals surface area contributed by atoms with Gasteiger partial charge in [-0.3, -0.25) is 4.90 Å². The average molecular weight is 269 g/mol. The van der Waals surface area contributed by atoms with Crippen LogP contribution in [0.25, 0.3) is 0 Å². The first kappa shape index (κ1) is 13.0. The van der Waals surface area contributed by atoms with Gasteiger partial charge >= 0.3 is 0 Å². The van der Waals surface area contributed by atoms with Gasteiger partial charge in [-0.25, -0.2) is 0 Å². The molecule has 0 fully saturated rings. The molecule has 2 aromatic carbocycles. The van der Waals surface area contributed by atoms with Crippen LogP contribution in [0.1, 0.15) is 17.2 Å². The molecule has 1 aliphatic heterocycles. The molecule has 1 aliphatic rings. The minimum absolute atomic E-state index is 0.0428. The van der Waals surface area contributed by atoms with Crippen molar-refractivity contribution in [3.63, 3.8) is 0 Å². The molecule has 20 heavy (non-hydrogen) atoms. The smallest absolute Gasteiger partial charge is 0.162 e. The Balaban J connectivity index is 1.91. The first-order valence-corrected chi connectivity index (χ1v) is 6.84. The number of hydrogen-bond acceptors (Lipinski definition) is 3. The monoisotopic (exact) mass is 269 g/mol. The van der Waals surface area contributed by atoms with Gasteiger partial charge in [0, 0.05) is 13.1 Å². The van der Waals surface area contributed by atoms with Crippen LogP contribution in [-0.4, -0.2) is 25.6 Å². The van der Waals surface area contributed by atoms with E-state index in [1.54, 1.807) is 7.11 Å². The van der Waals surface area contributed by atoms with E-state index < -0.39 is 0 Å². The molecule has 0 saturated carbocycles. The van der Waals surface area contributed by atoms with E-state index in [0.29, 0.717) is 0 Å². The quantitative estimate of drug-likeness (QED) is 0.853. The predicted octanol–water partition coefficient (Wildman–Crippen LogP) is 3.26. The van der Waals surface area contributed by atoms with Gasteiger partial charge < -0.3 is 9.47 Å². The summed E-state index contributed by atoms with van der Waals surface area (Å²) in [7, 11) is 3.79. The number of ether oxygens (including phenoxy) is 2. The van der Waals surface area contributed by atoms with Gasteiger partial charge in [0.15, 0.2) is 11.5 Å². The van der Waals surface area contributed by atoms with Gasteiger partial charge in [-0.05, 0) is 30.3 Å². The molecular weight excluding hydrogens is 250 g/mol. The Labute approximate surface area is 119 Å². The summed E-state index contributed by atoms with van der Waals surface area (Å²) in [6.45, 7) is 1.86. The summed E-state index contributed by atoms with van der Waals surface area (Å²) in [5.74, 6) is 1.57. The van der Waals surface area contributed by atoms with Crippen molar-refractivity contribution < 1.29 is 9.47 Å². The van der Waals surface area contributed by atoms with Crippen molar-refractivity contribution >= 4 is 0 Å². The summed E-state index contributed by atoms with van der Waals surface area (Å²) in [6.07, 6.45) is 0.0428. The van der Waals surface area contributed by atoms with Gasteiger partial charge in [0.1, 0.15) is 6.10 Å². The fourth-order valence-corrected chi connectivity index (χ4v) is 2.70. The second-order valence-electron chi connectivity index (χ2n) is 5.15. The summed E-state index contributed by atoms with van der Waals surface area (Å²) in [6, 6.07) is 16.3. The third kappa shape index (κ3) is 2.49. The minimum atomic E-state index is 0.0428. The maximum atomic E-state index is 6.21. The zero-order valence-electron chi connectivity index (χ0n) is 11.9. The minimum Gasteiger partial charge on any atom is -0.493 e. The molecule has 3 rings (SSSR count). The molecule has 0 aliphatic carbocycles. The molecular formula is C17H19NO2. The summed E-state index contributed by atoms with van der Waals surface area (Å²) in [5.41, 5.74) is 2.61. The second-order valence-corrected chi connectivity index (χ2v) is 5.15. The Morgan fingerprint density at radius 1 is 1.00 bits per heavy atom. The Kier molecular flexibility index (Phi) is 3.61. The average Bonchev–Trinajstić information content (AvgIpc) is 2.47. The highest BCUT2D eigenvalue weighted by atomic mass is 16.5. The van der Waals surface area contributed by atoms with Crippen LogP contribution >= 0.6 is 0 Å². The van der Waals surface area contributed by atoms with E-state index in [0.717, 1.165) is 24.6 Å². The molecule has 0 amide bonds. The molecule has 3 heteroatoms. The third-order valence-electron chi connectivity index (χ3n) is 3.66. The van der Waals surface area contributed by atoms with Crippen LogP contribution in [0.3, 0.4) is 0 Å². The maximum Gasteiger partial charge on any atom is 0.162 e. The highest BCUT2D eigenvalue weighted by molar-refractivity contribution is 5.41. The van der Waals surface area contributed by atoms with Gasteiger partial charge in [-0.1, -0.05) is 36.4 Å². The SMILES string of the molecule is COc1ccccc1OC1CN(C)Cc2ccccc21. The molecule has 0 radical (unpaired) electrons. The third-order valence-corrected chi connectivity index (χ3v) is 3.66. The van der Waals surface area contributed by atoms with E-state index in [-0.39, 0.29) is 6.10 Å². The van der Waals surface area contributed by atoms with E-state index in [4.69, 9.17) is 9.47 Å². The lowest BCUT2D eigenvalue weighted by Crippen LogP contribution is -2.33. The van der Waals surface area contributed by atoms with E-state index in [9.17, 15) is 0 Å². The van der Waals surface area contributed by atoms with Crippen LogP contribution in [0.4, 0.5) is 0 Å². The zero-order chi connectivity index (χ0) is 13.9. The van der Waals surface area contributed by atoms with Gasteiger partial charge in [-0.2, -0.15) is 0 Å². The van der Waals surface area contributed by atoms with E-state index in [2.05, 4.69) is 36.2 Å². The standard InChI is InChI=1S/C17H19NO2/c1-18-11-13-7-3-4-8-14(13)17(12-18)20-16-10-6-5-9-15(16)19-2/h3-10,17H,11-12H2,1-2H3. The Morgan fingerprint density at radius 3 is 2.50 bits per heavy atom. The van der Waals surface area contributed by atoms with Crippen molar-refractivity contribution in [2.45, 2.75) is 12.6 Å². The lowest BCUT2D eigenvalue weighted by molar-refractivity contribution is 0.125. The molecule has 1 atom stereocenters. The van der Waals surface area contributed by atoms with Crippen LogP contribution in [0.2, 0.25) is 0 Å². The topological polar surface area (TPSA) is 21.7 Å². The maximum absolute atomic E-state index is 6.21. The summed E-state index contributed by atoms with van der Waals surface area (Å²) < 4.78 is 11.6. The van der Waals surface area contributed by atoms with Crippen molar-refractivity contribution in [3.05, 3.63) is 59.7 Å². The number of nitrogens with zero attached hydrogens (tertiary/aromatic N) is 1. The highest BCUT2D eigenvalue weighted by Gasteiger charge is 2.25. The fourth-order valence-electron chi connectivity index (χ4n) is 2.70. The van der Waals surface area contributed by atoms with E-state index in [1.165, 1.54) is 11.1 Å². The van der Waals surface area contributed by atoms with Crippen molar-refractivity contribution in [2.75, 3.05) is 20.7 Å². The number of fused-ring (bicyclic) bond motifs is 1. The van der Waals surface area contributed by atoms with Crippen molar-refractivity contribution in [2.24, 2.45) is 0 Å². The predicted molar refractivity (Wildman–Crippen MR) is 79.1 cm³/mol. The van der Waals surface area contributed by atoms with Crippen LogP contribution in [0.5, 0.6) is 11.5 Å². The largest absolute Gasteiger partial charge is 0.493 e. The van der Waals surface area contributed by atoms with Crippen molar-refractivity contribution in [1.29, 1.82) is 0 Å². The lowest BCUT2D eigenvalue weighted by Gasteiger charge is -2.32. The Bertz CT molecular complexity index is 597. The van der Waals surface area contributed by atoms with Gasteiger partial charge in [-0.15, -0.1) is 0 Å². The first-order valence-electron chi connectivity index (χ1n) is 6.84. The second kappa shape index (κ2) is 5.55. The molecule has 1 heterocycles. The number of para-hydroxylation sites is 2. The molecule has 3 nitrogen and oxygen atoms in total. The van der Waals surface area contributed by atoms with Crippen molar-refractivity contribution in [1.82, 2.24) is 4.90 Å². The van der Waals surface area contributed by atoms with E-state index in [1.807, 2.05) is 24.3 Å². The molecule has 0 aromatic heterocycles. The number of methoxy groups -OCH3 is 1. The highest BCUT2D eigenvalue weighted by Crippen LogP contribution is 2.34. The normalized spacial score (nSPS) is 18.4. The van der Waals surface area contributed by atoms with Crippen molar-refractivity contribution in [3.8, 4) is 11.5 Å². The molecule has 2 aromatic rings. The summed E-state index contributed by atoms with van der Waals surface area (Å²) >= 11 is 0. The number of hydrogen-bond donors (Lipinski definition) is 0. The number of rotatable bonds is 3. The Morgan fingerprint density at radius 2 is 1.70 bits per heavy atom. The van der Waals surface area contributed by atoms with Gasteiger partial charge in [0.2, 0.25) is 0 Å². The summed E-state index contributed by atoms with van der Waals surface area (Å²) in [4.78, 5) is 2.28. The molecule has 0 bridgehead atoms. The lowest BCUT2D eigenvalue weighted by atomic mass is 9.97. The molecule has 104 valence electrons. The molecule has 0 N–H and O–H groups in total. The number of benzene rings is 2. The van der Waals surface area contributed by atoms with Crippen LogP contribution in [0, 0.1) is 0 Å². The molecule has 0 spiro atoms. The first-order chi connectivity index (χ1) is 9.78. The number of likely N-dealkylation sites (N-methyl/N-ethyl adjacent to an activating group) is 1. The molecule has 1 unspecified atom stereocenters. The van der Waals surface area contributed by atoms with E-state index >= 15 is 0 Å².